The lowest BCUT2D eigenvalue weighted by Gasteiger charge is -2.37. The smallest absolute Gasteiger partial charge is 0.144 e. The third-order valence-corrected chi connectivity index (χ3v) is 7.15. The van der Waals surface area contributed by atoms with E-state index in [2.05, 4.69) is 74.2 Å². The van der Waals surface area contributed by atoms with Crippen LogP contribution in [-0.2, 0) is 10.2 Å². The maximum absolute atomic E-state index is 11.9. The zero-order valence-corrected chi connectivity index (χ0v) is 18.2. The van der Waals surface area contributed by atoms with Crippen molar-refractivity contribution in [2.24, 2.45) is 0 Å². The first-order valence-corrected chi connectivity index (χ1v) is 11.1. The molecule has 3 aromatic rings. The molecule has 1 fully saturated rings. The van der Waals surface area contributed by atoms with Gasteiger partial charge >= 0.3 is 0 Å². The molecule has 1 heterocycles. The number of aryl methyl sites for hydroxylation is 3. The second-order valence-corrected chi connectivity index (χ2v) is 9.09. The summed E-state index contributed by atoms with van der Waals surface area (Å²) < 4.78 is 0. The van der Waals surface area contributed by atoms with Crippen LogP contribution in [0, 0.1) is 20.8 Å². The highest BCUT2D eigenvalue weighted by Gasteiger charge is 2.49. The summed E-state index contributed by atoms with van der Waals surface area (Å²) in [4.78, 5) is 14.3. The molecular formula is C28H29NO. The van der Waals surface area contributed by atoms with E-state index in [1.165, 1.54) is 69.4 Å². The lowest BCUT2D eigenvalue weighted by molar-refractivity contribution is -0.104. The minimum atomic E-state index is -0.0842. The number of carbonyl (C=O) groups excluding carboxylic acids is 1. The van der Waals surface area contributed by atoms with E-state index in [1.807, 2.05) is 6.08 Å². The van der Waals surface area contributed by atoms with Crippen molar-refractivity contribution in [3.05, 3.63) is 82.6 Å². The van der Waals surface area contributed by atoms with E-state index in [0.29, 0.717) is 0 Å². The van der Waals surface area contributed by atoms with E-state index in [1.54, 1.807) is 0 Å². The molecule has 0 aromatic heterocycles. The zero-order chi connectivity index (χ0) is 20.9. The highest BCUT2D eigenvalue weighted by atomic mass is 16.1. The molecule has 0 bridgehead atoms. The summed E-state index contributed by atoms with van der Waals surface area (Å²) in [6.45, 7) is 6.54. The Morgan fingerprint density at radius 1 is 0.900 bits per heavy atom. The topological polar surface area (TPSA) is 20.3 Å². The summed E-state index contributed by atoms with van der Waals surface area (Å²) in [5, 5.41) is 2.62. The number of anilines is 2. The molecule has 0 amide bonds. The van der Waals surface area contributed by atoms with E-state index < -0.39 is 0 Å². The highest BCUT2D eigenvalue weighted by Crippen LogP contribution is 2.60. The Morgan fingerprint density at radius 3 is 2.30 bits per heavy atom. The maximum Gasteiger partial charge on any atom is 0.144 e. The van der Waals surface area contributed by atoms with Gasteiger partial charge in [-0.15, -0.1) is 0 Å². The first-order chi connectivity index (χ1) is 14.6. The molecule has 1 spiro atoms. The van der Waals surface area contributed by atoms with Crippen LogP contribution in [0.4, 0.5) is 11.4 Å². The van der Waals surface area contributed by atoms with Crippen molar-refractivity contribution >= 4 is 28.4 Å². The third-order valence-electron chi connectivity index (χ3n) is 7.15. The van der Waals surface area contributed by atoms with Gasteiger partial charge in [0.25, 0.3) is 0 Å². The molecule has 0 saturated heterocycles. The summed E-state index contributed by atoms with van der Waals surface area (Å²) in [5.41, 5.74) is 8.78. The summed E-state index contributed by atoms with van der Waals surface area (Å²) >= 11 is 0. The van der Waals surface area contributed by atoms with Crippen LogP contribution in [0.5, 0.6) is 0 Å². The molecule has 3 aromatic carbocycles. The highest BCUT2D eigenvalue weighted by molar-refractivity contribution is 5.98. The standard InChI is InChI=1S/C28H29NO/c1-19-17-20(2)27(21(3)18-19)29-24-12-11-22-9-5-6-10-23(22)26(24)28(25(29)13-16-30)14-7-4-8-15-28/h5-6,9-13,16-18H,4,7-8,14-15H2,1-3H3/b25-13-. The van der Waals surface area contributed by atoms with Crippen molar-refractivity contribution < 1.29 is 4.79 Å². The molecule has 30 heavy (non-hydrogen) atoms. The van der Waals surface area contributed by atoms with E-state index in [9.17, 15) is 4.79 Å². The molecule has 1 aliphatic carbocycles. The van der Waals surface area contributed by atoms with Gasteiger partial charge in [-0.05, 0) is 73.2 Å². The Hall–Kier alpha value is -2.87. The van der Waals surface area contributed by atoms with Crippen molar-refractivity contribution in [3.63, 3.8) is 0 Å². The van der Waals surface area contributed by atoms with Crippen molar-refractivity contribution in [1.82, 2.24) is 0 Å². The molecule has 5 rings (SSSR count). The first kappa shape index (κ1) is 19.1. The average molecular weight is 396 g/mol. The van der Waals surface area contributed by atoms with Crippen molar-refractivity contribution in [2.45, 2.75) is 58.3 Å². The molecule has 0 unspecified atom stereocenters. The predicted octanol–water partition coefficient (Wildman–Crippen LogP) is 7.20. The van der Waals surface area contributed by atoms with Gasteiger partial charge < -0.3 is 4.90 Å². The monoisotopic (exact) mass is 395 g/mol. The first-order valence-electron chi connectivity index (χ1n) is 11.1. The lowest BCUT2D eigenvalue weighted by Crippen LogP contribution is -2.32. The van der Waals surface area contributed by atoms with Gasteiger partial charge in [0, 0.05) is 11.1 Å². The second kappa shape index (κ2) is 7.12. The van der Waals surface area contributed by atoms with E-state index in [0.717, 1.165) is 19.1 Å². The number of allylic oxidation sites excluding steroid dienone is 2. The van der Waals surface area contributed by atoms with Crippen LogP contribution < -0.4 is 4.90 Å². The van der Waals surface area contributed by atoms with Crippen molar-refractivity contribution in [1.29, 1.82) is 0 Å². The number of hydrogen-bond acceptors (Lipinski definition) is 2. The number of carbonyl (C=O) groups is 1. The number of hydrogen-bond donors (Lipinski definition) is 0. The summed E-state index contributed by atoms with van der Waals surface area (Å²) in [5.74, 6) is 0. The third kappa shape index (κ3) is 2.66. The number of benzene rings is 3. The van der Waals surface area contributed by atoms with Gasteiger partial charge in [0.15, 0.2) is 0 Å². The second-order valence-electron chi connectivity index (χ2n) is 9.09. The Kier molecular flexibility index (Phi) is 4.54. The van der Waals surface area contributed by atoms with Gasteiger partial charge in [-0.25, -0.2) is 0 Å². The number of aldehydes is 1. The van der Waals surface area contributed by atoms with E-state index in [-0.39, 0.29) is 5.41 Å². The van der Waals surface area contributed by atoms with E-state index in [4.69, 9.17) is 0 Å². The molecule has 1 saturated carbocycles. The van der Waals surface area contributed by atoms with E-state index >= 15 is 0 Å². The van der Waals surface area contributed by atoms with Gasteiger partial charge in [-0.1, -0.05) is 67.3 Å². The predicted molar refractivity (Wildman–Crippen MR) is 126 cm³/mol. The van der Waals surface area contributed by atoms with Crippen LogP contribution in [0.15, 0.2) is 60.3 Å². The lowest BCUT2D eigenvalue weighted by atomic mass is 9.67. The minimum Gasteiger partial charge on any atom is -0.312 e. The van der Waals surface area contributed by atoms with Crippen molar-refractivity contribution in [2.75, 3.05) is 4.90 Å². The normalized spacial score (nSPS) is 18.9. The zero-order valence-electron chi connectivity index (χ0n) is 18.2. The molecule has 2 nitrogen and oxygen atoms in total. The number of fused-ring (bicyclic) bond motifs is 4. The van der Waals surface area contributed by atoms with Crippen molar-refractivity contribution in [3.8, 4) is 0 Å². The maximum atomic E-state index is 11.9. The fourth-order valence-corrected chi connectivity index (χ4v) is 6.15. The largest absolute Gasteiger partial charge is 0.312 e. The molecular weight excluding hydrogens is 366 g/mol. The molecule has 0 atom stereocenters. The molecule has 2 aliphatic rings. The van der Waals surface area contributed by atoms with Crippen LogP contribution in [-0.4, -0.2) is 6.29 Å². The van der Waals surface area contributed by atoms with Crippen LogP contribution >= 0.6 is 0 Å². The van der Waals surface area contributed by atoms with Crippen LogP contribution in [0.3, 0.4) is 0 Å². The molecule has 152 valence electrons. The SMILES string of the molecule is Cc1cc(C)c(N2/C(=C\C=O)C3(CCCCC3)c3c2ccc2ccccc32)c(C)c1. The fraction of sp³-hybridized carbons (Fsp3) is 0.321. The van der Waals surface area contributed by atoms with Gasteiger partial charge in [-0.3, -0.25) is 4.79 Å². The van der Waals surface area contributed by atoms with Gasteiger partial charge in [0.1, 0.15) is 6.29 Å². The summed E-state index contributed by atoms with van der Waals surface area (Å²) in [6.07, 6.45) is 8.74. The van der Waals surface area contributed by atoms with Gasteiger partial charge in [-0.2, -0.15) is 0 Å². The van der Waals surface area contributed by atoms with Gasteiger partial charge in [0.05, 0.1) is 11.4 Å². The minimum absolute atomic E-state index is 0.0842. The average Bonchev–Trinajstić information content (AvgIpc) is 2.98. The Balaban J connectivity index is 1.89. The van der Waals surface area contributed by atoms with Crippen LogP contribution in [0.1, 0.15) is 54.4 Å². The summed E-state index contributed by atoms with van der Waals surface area (Å²) in [6, 6.07) is 17.8. The molecule has 0 N–H and O–H groups in total. The fourth-order valence-electron chi connectivity index (χ4n) is 6.15. The number of nitrogens with zero attached hydrogens (tertiary/aromatic N) is 1. The number of rotatable bonds is 2. The molecule has 0 radical (unpaired) electrons. The molecule has 2 heteroatoms. The Bertz CT molecular complexity index is 1160. The summed E-state index contributed by atoms with van der Waals surface area (Å²) in [7, 11) is 0. The Labute approximate surface area is 179 Å². The van der Waals surface area contributed by atoms with Crippen LogP contribution in [0.25, 0.3) is 10.8 Å². The quantitative estimate of drug-likeness (QED) is 0.338. The van der Waals surface area contributed by atoms with Crippen LogP contribution in [0.2, 0.25) is 0 Å². The molecule has 1 aliphatic heterocycles. The van der Waals surface area contributed by atoms with Gasteiger partial charge in [0.2, 0.25) is 0 Å². The Morgan fingerprint density at radius 2 is 1.60 bits per heavy atom.